The van der Waals surface area contributed by atoms with Crippen molar-refractivity contribution in [2.75, 3.05) is 0 Å². The molecule has 0 saturated heterocycles. The van der Waals surface area contributed by atoms with Gasteiger partial charge in [-0.2, -0.15) is 0 Å². The lowest BCUT2D eigenvalue weighted by molar-refractivity contribution is -0.384. The molecule has 0 aliphatic heterocycles. The van der Waals surface area contributed by atoms with Crippen LogP contribution in [0, 0.1) is 10.1 Å². The molecule has 0 atom stereocenters. The monoisotopic (exact) mass is 340 g/mol. The Morgan fingerprint density at radius 3 is 2.74 bits per heavy atom. The number of nitro benzene ring substituents is 1. The molecule has 1 aromatic heterocycles. The molecule has 0 N–H and O–H groups in total. The molecule has 4 nitrogen and oxygen atoms in total. The second-order valence-electron chi connectivity index (χ2n) is 5.07. The number of aromatic nitrogens is 1. The van der Waals surface area contributed by atoms with E-state index in [4.69, 9.17) is 11.6 Å². The molecule has 0 fully saturated rings. The van der Waals surface area contributed by atoms with Crippen molar-refractivity contribution in [2.45, 2.75) is 0 Å². The first-order valence-corrected chi connectivity index (χ1v) is 8.05. The van der Waals surface area contributed by atoms with Gasteiger partial charge in [0.2, 0.25) is 0 Å². The summed E-state index contributed by atoms with van der Waals surface area (Å²) in [5.74, 6) is 0. The van der Waals surface area contributed by atoms with Gasteiger partial charge in [-0.15, -0.1) is 11.3 Å². The zero-order chi connectivity index (χ0) is 16.0. The van der Waals surface area contributed by atoms with Crippen molar-refractivity contribution in [1.82, 2.24) is 4.98 Å². The highest BCUT2D eigenvalue weighted by Gasteiger charge is 2.19. The Bertz CT molecular complexity index is 1070. The van der Waals surface area contributed by atoms with Crippen LogP contribution in [0.4, 0.5) is 5.69 Å². The molecule has 112 valence electrons. The van der Waals surface area contributed by atoms with Gasteiger partial charge in [-0.05, 0) is 23.6 Å². The van der Waals surface area contributed by atoms with E-state index in [2.05, 4.69) is 4.98 Å². The van der Waals surface area contributed by atoms with Crippen molar-refractivity contribution in [3.63, 3.8) is 0 Å². The molecule has 0 spiro atoms. The van der Waals surface area contributed by atoms with E-state index < -0.39 is 4.92 Å². The quantitative estimate of drug-likeness (QED) is 0.348. The van der Waals surface area contributed by atoms with Gasteiger partial charge in [0.05, 0.1) is 20.7 Å². The molecule has 23 heavy (non-hydrogen) atoms. The van der Waals surface area contributed by atoms with Crippen molar-refractivity contribution >= 4 is 49.6 Å². The Balaban J connectivity index is 2.02. The number of benzene rings is 3. The normalized spacial score (nSPS) is 11.2. The fraction of sp³-hybridized carbons (Fsp3) is 0. The predicted octanol–water partition coefficient (Wildman–Crippen LogP) is 5.68. The summed E-state index contributed by atoms with van der Waals surface area (Å²) >= 11 is 7.47. The molecule has 0 aliphatic carbocycles. The highest BCUT2D eigenvalue weighted by Crippen LogP contribution is 2.39. The average molecular weight is 341 g/mol. The Morgan fingerprint density at radius 2 is 1.91 bits per heavy atom. The maximum Gasteiger partial charge on any atom is 0.279 e. The summed E-state index contributed by atoms with van der Waals surface area (Å²) in [4.78, 5) is 15.4. The van der Waals surface area contributed by atoms with E-state index in [1.807, 2.05) is 36.4 Å². The van der Waals surface area contributed by atoms with Gasteiger partial charge in [-0.1, -0.05) is 41.9 Å². The number of hydrogen-bond acceptors (Lipinski definition) is 4. The minimum absolute atomic E-state index is 0.0118. The van der Waals surface area contributed by atoms with Gasteiger partial charge >= 0.3 is 0 Å². The van der Waals surface area contributed by atoms with E-state index in [-0.39, 0.29) is 5.69 Å². The fourth-order valence-corrected chi connectivity index (χ4v) is 3.91. The Hall–Kier alpha value is -2.50. The number of nitrogens with zero attached hydrogens (tertiary/aromatic N) is 2. The van der Waals surface area contributed by atoms with Crippen LogP contribution in [0.5, 0.6) is 0 Å². The van der Waals surface area contributed by atoms with Gasteiger partial charge < -0.3 is 0 Å². The van der Waals surface area contributed by atoms with Crippen molar-refractivity contribution in [1.29, 1.82) is 0 Å². The van der Waals surface area contributed by atoms with Gasteiger partial charge in [-0.3, -0.25) is 10.1 Å². The molecule has 6 heteroatoms. The molecule has 4 rings (SSSR count). The molecule has 3 aromatic carbocycles. The molecule has 4 aromatic rings. The van der Waals surface area contributed by atoms with Gasteiger partial charge in [0.25, 0.3) is 5.69 Å². The van der Waals surface area contributed by atoms with E-state index in [0.29, 0.717) is 15.6 Å². The smallest absolute Gasteiger partial charge is 0.258 e. The number of thiazole rings is 1. The highest BCUT2D eigenvalue weighted by molar-refractivity contribution is 7.22. The third-order valence-electron chi connectivity index (χ3n) is 3.67. The molecule has 0 radical (unpaired) electrons. The lowest BCUT2D eigenvalue weighted by atomic mass is 10.1. The summed E-state index contributed by atoms with van der Waals surface area (Å²) in [5, 5.41) is 14.5. The van der Waals surface area contributed by atoms with Crippen molar-refractivity contribution in [3.05, 3.63) is 69.7 Å². The molecule has 0 bridgehead atoms. The Kier molecular flexibility index (Phi) is 3.25. The SMILES string of the molecule is O=[N+]([O-])c1ccc(Cl)cc1-c1nc2ccc3ccccc3c2s1. The first-order chi connectivity index (χ1) is 11.1. The van der Waals surface area contributed by atoms with Crippen LogP contribution in [-0.2, 0) is 0 Å². The highest BCUT2D eigenvalue weighted by atomic mass is 35.5. The summed E-state index contributed by atoms with van der Waals surface area (Å²) in [7, 11) is 0. The number of nitro groups is 1. The maximum atomic E-state index is 11.3. The molecule has 0 saturated carbocycles. The first kappa shape index (κ1) is 14.1. The number of halogens is 1. The van der Waals surface area contributed by atoms with Gasteiger partial charge in [0.1, 0.15) is 5.01 Å². The number of fused-ring (bicyclic) bond motifs is 3. The van der Waals surface area contributed by atoms with Crippen molar-refractivity contribution < 1.29 is 4.92 Å². The maximum absolute atomic E-state index is 11.3. The number of rotatable bonds is 2. The lowest BCUT2D eigenvalue weighted by Gasteiger charge is -1.99. The Labute approximate surface area is 140 Å². The summed E-state index contributed by atoms with van der Waals surface area (Å²) in [6.07, 6.45) is 0. The summed E-state index contributed by atoms with van der Waals surface area (Å²) in [6, 6.07) is 16.5. The topological polar surface area (TPSA) is 56.0 Å². The van der Waals surface area contributed by atoms with E-state index >= 15 is 0 Å². The standard InChI is InChI=1S/C17H9ClN2O2S/c18-11-6-8-15(20(21)22)13(9-11)17-19-14-7-5-10-3-1-2-4-12(10)16(14)23-17/h1-9H. The molecule has 1 heterocycles. The third-order valence-corrected chi connectivity index (χ3v) is 5.04. The van der Waals surface area contributed by atoms with E-state index in [9.17, 15) is 10.1 Å². The zero-order valence-electron chi connectivity index (χ0n) is 11.7. The summed E-state index contributed by atoms with van der Waals surface area (Å²) in [6.45, 7) is 0. The summed E-state index contributed by atoms with van der Waals surface area (Å²) in [5.41, 5.74) is 1.29. The van der Waals surface area contributed by atoms with E-state index in [1.165, 1.54) is 23.5 Å². The second-order valence-corrected chi connectivity index (χ2v) is 6.51. The van der Waals surface area contributed by atoms with Crippen LogP contribution >= 0.6 is 22.9 Å². The van der Waals surface area contributed by atoms with Crippen LogP contribution < -0.4 is 0 Å². The van der Waals surface area contributed by atoms with E-state index in [1.54, 1.807) is 6.07 Å². The van der Waals surface area contributed by atoms with Gasteiger partial charge in [-0.25, -0.2) is 4.98 Å². The Morgan fingerprint density at radius 1 is 1.09 bits per heavy atom. The molecular formula is C17H9ClN2O2S. The zero-order valence-corrected chi connectivity index (χ0v) is 13.3. The van der Waals surface area contributed by atoms with Crippen LogP contribution in [0.25, 0.3) is 31.6 Å². The molecular weight excluding hydrogens is 332 g/mol. The fourth-order valence-electron chi connectivity index (χ4n) is 2.61. The molecule has 0 aliphatic rings. The molecule has 0 unspecified atom stereocenters. The van der Waals surface area contributed by atoms with E-state index in [0.717, 1.165) is 21.0 Å². The van der Waals surface area contributed by atoms with Crippen molar-refractivity contribution in [3.8, 4) is 10.6 Å². The first-order valence-electron chi connectivity index (χ1n) is 6.86. The van der Waals surface area contributed by atoms with Crippen LogP contribution in [0.3, 0.4) is 0 Å². The second kappa shape index (κ2) is 5.30. The molecule has 0 amide bonds. The predicted molar refractivity (Wildman–Crippen MR) is 94.2 cm³/mol. The lowest BCUT2D eigenvalue weighted by Crippen LogP contribution is -1.91. The minimum Gasteiger partial charge on any atom is -0.258 e. The third kappa shape index (κ3) is 2.34. The average Bonchev–Trinajstić information content (AvgIpc) is 2.99. The minimum atomic E-state index is -0.407. The van der Waals surface area contributed by atoms with Crippen LogP contribution in [0.1, 0.15) is 0 Å². The number of hydrogen-bond donors (Lipinski definition) is 0. The van der Waals surface area contributed by atoms with Gasteiger partial charge in [0, 0.05) is 16.5 Å². The summed E-state index contributed by atoms with van der Waals surface area (Å²) < 4.78 is 1.02. The van der Waals surface area contributed by atoms with Crippen LogP contribution in [0.15, 0.2) is 54.6 Å². The van der Waals surface area contributed by atoms with Crippen LogP contribution in [0.2, 0.25) is 5.02 Å². The van der Waals surface area contributed by atoms with Gasteiger partial charge in [0.15, 0.2) is 0 Å². The van der Waals surface area contributed by atoms with Crippen molar-refractivity contribution in [2.24, 2.45) is 0 Å². The van der Waals surface area contributed by atoms with Crippen LogP contribution in [-0.4, -0.2) is 9.91 Å². The largest absolute Gasteiger partial charge is 0.279 e.